The van der Waals surface area contributed by atoms with Crippen LogP contribution in [0.25, 0.3) is 0 Å². The van der Waals surface area contributed by atoms with E-state index in [1.807, 2.05) is 26.8 Å². The lowest BCUT2D eigenvalue weighted by atomic mass is 9.96. The normalized spacial score (nSPS) is 13.0. The van der Waals surface area contributed by atoms with Crippen molar-refractivity contribution in [3.05, 3.63) is 28.3 Å². The molecule has 1 unspecified atom stereocenters. The number of aryl methyl sites for hydroxylation is 2. The molecule has 1 atom stereocenters. The maximum Gasteiger partial charge on any atom is 0.124 e. The van der Waals surface area contributed by atoms with Crippen LogP contribution in [0.5, 0.6) is 5.75 Å². The van der Waals surface area contributed by atoms with E-state index in [4.69, 9.17) is 0 Å². The first-order chi connectivity index (χ1) is 5.95. The van der Waals surface area contributed by atoms with E-state index in [0.717, 1.165) is 16.7 Å². The first-order valence-electron chi connectivity index (χ1n) is 4.43. The number of aliphatic hydroxyl groups excluding tert-OH is 1. The van der Waals surface area contributed by atoms with Gasteiger partial charge in [-0.05, 0) is 44.4 Å². The van der Waals surface area contributed by atoms with Gasteiger partial charge in [0.05, 0.1) is 6.10 Å². The zero-order valence-corrected chi connectivity index (χ0v) is 8.55. The summed E-state index contributed by atoms with van der Waals surface area (Å²) >= 11 is 0. The van der Waals surface area contributed by atoms with Crippen LogP contribution in [0.3, 0.4) is 0 Å². The van der Waals surface area contributed by atoms with Crippen molar-refractivity contribution in [1.29, 1.82) is 0 Å². The number of rotatable bonds is 1. The van der Waals surface area contributed by atoms with Crippen LogP contribution in [0.2, 0.25) is 0 Å². The Kier molecular flexibility index (Phi) is 2.62. The molecule has 2 N–H and O–H groups in total. The van der Waals surface area contributed by atoms with E-state index in [9.17, 15) is 10.2 Å². The van der Waals surface area contributed by atoms with Gasteiger partial charge in [-0.1, -0.05) is 6.07 Å². The minimum absolute atomic E-state index is 0.229. The van der Waals surface area contributed by atoms with Gasteiger partial charge in [0, 0.05) is 5.56 Å². The van der Waals surface area contributed by atoms with Crippen molar-refractivity contribution < 1.29 is 10.2 Å². The van der Waals surface area contributed by atoms with Crippen molar-refractivity contribution in [1.82, 2.24) is 0 Å². The molecule has 2 nitrogen and oxygen atoms in total. The molecule has 13 heavy (non-hydrogen) atoms. The van der Waals surface area contributed by atoms with Crippen LogP contribution in [0, 0.1) is 20.8 Å². The highest BCUT2D eigenvalue weighted by Gasteiger charge is 2.14. The molecule has 0 aliphatic heterocycles. The molecule has 1 rings (SSSR count). The Morgan fingerprint density at radius 1 is 1.15 bits per heavy atom. The molecule has 1 aromatic rings. The topological polar surface area (TPSA) is 40.5 Å². The van der Waals surface area contributed by atoms with Crippen LogP contribution in [-0.4, -0.2) is 10.2 Å². The average Bonchev–Trinajstić information content (AvgIpc) is 1.99. The average molecular weight is 180 g/mol. The number of phenols is 1. The minimum Gasteiger partial charge on any atom is -0.507 e. The standard InChI is InChI=1S/C11H16O2/c1-6-5-7(2)10(9(4)12)11(13)8(6)3/h5,9,12-13H,1-4H3. The number of aromatic hydroxyl groups is 1. The minimum atomic E-state index is -0.612. The van der Waals surface area contributed by atoms with E-state index in [2.05, 4.69) is 0 Å². The van der Waals surface area contributed by atoms with E-state index in [-0.39, 0.29) is 5.75 Å². The van der Waals surface area contributed by atoms with E-state index >= 15 is 0 Å². The zero-order chi connectivity index (χ0) is 10.2. The molecule has 0 radical (unpaired) electrons. The third kappa shape index (κ3) is 1.68. The van der Waals surface area contributed by atoms with Gasteiger partial charge in [-0.3, -0.25) is 0 Å². The van der Waals surface area contributed by atoms with Crippen molar-refractivity contribution in [2.24, 2.45) is 0 Å². The molecule has 1 aromatic carbocycles. The molecule has 72 valence electrons. The van der Waals surface area contributed by atoms with Gasteiger partial charge in [0.2, 0.25) is 0 Å². The SMILES string of the molecule is Cc1cc(C)c(C(C)O)c(O)c1C. The van der Waals surface area contributed by atoms with Crippen LogP contribution >= 0.6 is 0 Å². The summed E-state index contributed by atoms with van der Waals surface area (Å²) in [6, 6.07) is 1.98. The van der Waals surface area contributed by atoms with E-state index in [0.29, 0.717) is 5.56 Å². The number of hydrogen-bond acceptors (Lipinski definition) is 2. The van der Waals surface area contributed by atoms with Crippen LogP contribution in [0.15, 0.2) is 6.07 Å². The smallest absolute Gasteiger partial charge is 0.124 e. The first kappa shape index (κ1) is 10.1. The zero-order valence-electron chi connectivity index (χ0n) is 8.55. The van der Waals surface area contributed by atoms with Crippen LogP contribution in [-0.2, 0) is 0 Å². The monoisotopic (exact) mass is 180 g/mol. The number of aliphatic hydroxyl groups is 1. The van der Waals surface area contributed by atoms with Crippen molar-refractivity contribution in [3.8, 4) is 5.75 Å². The largest absolute Gasteiger partial charge is 0.507 e. The Balaban J connectivity index is 3.44. The molecule has 2 heteroatoms. The lowest BCUT2D eigenvalue weighted by molar-refractivity contribution is 0.194. The molecule has 0 heterocycles. The summed E-state index contributed by atoms with van der Waals surface area (Å²) < 4.78 is 0. The Labute approximate surface area is 78.8 Å². The molecule has 0 saturated carbocycles. The molecule has 0 aromatic heterocycles. The molecule has 0 aliphatic carbocycles. The van der Waals surface area contributed by atoms with E-state index < -0.39 is 6.10 Å². The Bertz CT molecular complexity index is 327. The Morgan fingerprint density at radius 2 is 1.69 bits per heavy atom. The second-order valence-electron chi connectivity index (χ2n) is 3.57. The highest BCUT2D eigenvalue weighted by Crippen LogP contribution is 2.32. The van der Waals surface area contributed by atoms with Crippen LogP contribution in [0.1, 0.15) is 35.3 Å². The molecule has 0 fully saturated rings. The second-order valence-corrected chi connectivity index (χ2v) is 3.57. The van der Waals surface area contributed by atoms with Crippen molar-refractivity contribution >= 4 is 0 Å². The van der Waals surface area contributed by atoms with Crippen molar-refractivity contribution in [2.75, 3.05) is 0 Å². The lowest BCUT2D eigenvalue weighted by Crippen LogP contribution is -1.98. The van der Waals surface area contributed by atoms with Crippen molar-refractivity contribution in [2.45, 2.75) is 33.8 Å². The molecule has 0 saturated heterocycles. The quantitative estimate of drug-likeness (QED) is 0.696. The van der Waals surface area contributed by atoms with Crippen LogP contribution in [0.4, 0.5) is 0 Å². The van der Waals surface area contributed by atoms with Crippen molar-refractivity contribution in [3.63, 3.8) is 0 Å². The van der Waals surface area contributed by atoms with Gasteiger partial charge in [0.1, 0.15) is 5.75 Å². The van der Waals surface area contributed by atoms with Gasteiger partial charge in [-0.15, -0.1) is 0 Å². The fourth-order valence-electron chi connectivity index (χ4n) is 1.61. The Hall–Kier alpha value is -1.02. The van der Waals surface area contributed by atoms with Gasteiger partial charge >= 0.3 is 0 Å². The number of phenolic OH excluding ortho intramolecular Hbond substituents is 1. The molecular weight excluding hydrogens is 164 g/mol. The van der Waals surface area contributed by atoms with Gasteiger partial charge in [0.15, 0.2) is 0 Å². The molecule has 0 spiro atoms. The predicted molar refractivity (Wildman–Crippen MR) is 53.0 cm³/mol. The number of hydrogen-bond donors (Lipinski definition) is 2. The molecule has 0 amide bonds. The molecular formula is C11H16O2. The third-order valence-electron chi connectivity index (χ3n) is 2.48. The first-order valence-corrected chi connectivity index (χ1v) is 4.43. The summed E-state index contributed by atoms with van der Waals surface area (Å²) in [5.74, 6) is 0.229. The predicted octanol–water partition coefficient (Wildman–Crippen LogP) is 2.37. The maximum absolute atomic E-state index is 9.77. The van der Waals surface area contributed by atoms with E-state index in [1.165, 1.54) is 0 Å². The Morgan fingerprint density at radius 3 is 2.15 bits per heavy atom. The number of benzene rings is 1. The molecule has 0 aliphatic rings. The van der Waals surface area contributed by atoms with Crippen LogP contribution < -0.4 is 0 Å². The summed E-state index contributed by atoms with van der Waals surface area (Å²) in [5, 5.41) is 19.2. The fraction of sp³-hybridized carbons (Fsp3) is 0.455. The summed E-state index contributed by atoms with van der Waals surface area (Å²) in [6.45, 7) is 7.37. The highest BCUT2D eigenvalue weighted by molar-refractivity contribution is 5.49. The van der Waals surface area contributed by atoms with Gasteiger partial charge < -0.3 is 10.2 Å². The van der Waals surface area contributed by atoms with Gasteiger partial charge in [0.25, 0.3) is 0 Å². The molecule has 0 bridgehead atoms. The second kappa shape index (κ2) is 3.38. The summed E-state index contributed by atoms with van der Waals surface area (Å²) in [6.07, 6.45) is -0.612. The lowest BCUT2D eigenvalue weighted by Gasteiger charge is -2.15. The summed E-state index contributed by atoms with van der Waals surface area (Å²) in [5.41, 5.74) is 3.49. The summed E-state index contributed by atoms with van der Waals surface area (Å²) in [4.78, 5) is 0. The third-order valence-corrected chi connectivity index (χ3v) is 2.48. The fourth-order valence-corrected chi connectivity index (χ4v) is 1.61. The summed E-state index contributed by atoms with van der Waals surface area (Å²) in [7, 11) is 0. The van der Waals surface area contributed by atoms with E-state index in [1.54, 1.807) is 6.92 Å². The van der Waals surface area contributed by atoms with Gasteiger partial charge in [-0.25, -0.2) is 0 Å². The van der Waals surface area contributed by atoms with Gasteiger partial charge in [-0.2, -0.15) is 0 Å². The highest BCUT2D eigenvalue weighted by atomic mass is 16.3. The maximum atomic E-state index is 9.77.